The van der Waals surface area contributed by atoms with Gasteiger partial charge in [-0.2, -0.15) is 14.1 Å². The first-order chi connectivity index (χ1) is 16.2. The van der Waals surface area contributed by atoms with E-state index in [4.69, 9.17) is 4.74 Å². The summed E-state index contributed by atoms with van der Waals surface area (Å²) in [5, 5.41) is 3.88. The van der Waals surface area contributed by atoms with E-state index < -0.39 is 26.6 Å². The summed E-state index contributed by atoms with van der Waals surface area (Å²) >= 11 is 0. The predicted octanol–water partition coefficient (Wildman–Crippen LogP) is 3.33. The number of benzene rings is 1. The average molecular weight is 493 g/mol. The number of sulfonamides is 1. The van der Waals surface area contributed by atoms with Gasteiger partial charge in [0, 0.05) is 25.7 Å². The number of hydrogen-bond donors (Lipinski definition) is 0. The van der Waals surface area contributed by atoms with Crippen molar-refractivity contribution in [1.29, 1.82) is 0 Å². The standard InChI is InChI=1S/C24H33FN4O4S/c1-17(2)34(31,32)27-13-14-28(18(3)16-27)22-15-26-29(20-11-9-19(25)10-12-20)24(30)23(22)33-21-7-5-4-6-8-21/h9-12,15,17-18,21H,4-8,13-14,16H2,1-3H3/t18-/m1/s1. The number of anilines is 1. The average Bonchev–Trinajstić information content (AvgIpc) is 2.82. The molecule has 0 N–H and O–H groups in total. The fourth-order valence-corrected chi connectivity index (χ4v) is 6.03. The van der Waals surface area contributed by atoms with Crippen molar-refractivity contribution in [3.63, 3.8) is 0 Å². The van der Waals surface area contributed by atoms with Gasteiger partial charge in [-0.25, -0.2) is 12.8 Å². The van der Waals surface area contributed by atoms with E-state index in [2.05, 4.69) is 5.10 Å². The molecule has 0 bridgehead atoms. The van der Waals surface area contributed by atoms with Crippen LogP contribution >= 0.6 is 0 Å². The zero-order valence-electron chi connectivity index (χ0n) is 20.0. The molecule has 0 unspecified atom stereocenters. The van der Waals surface area contributed by atoms with Crippen LogP contribution in [0, 0.1) is 5.82 Å². The third-order valence-corrected chi connectivity index (χ3v) is 8.92. The minimum absolute atomic E-state index is 0.0535. The molecule has 10 heteroatoms. The van der Waals surface area contributed by atoms with Crippen LogP contribution in [0.25, 0.3) is 5.69 Å². The molecule has 1 aromatic heterocycles. The summed E-state index contributed by atoms with van der Waals surface area (Å²) in [4.78, 5) is 15.6. The largest absolute Gasteiger partial charge is 0.483 e. The molecule has 2 fully saturated rings. The van der Waals surface area contributed by atoms with Gasteiger partial charge in [-0.05, 0) is 70.7 Å². The fourth-order valence-electron chi connectivity index (χ4n) is 4.67. The van der Waals surface area contributed by atoms with Gasteiger partial charge in [-0.15, -0.1) is 0 Å². The molecule has 8 nitrogen and oxygen atoms in total. The first-order valence-corrected chi connectivity index (χ1v) is 13.5. The minimum atomic E-state index is -3.36. The van der Waals surface area contributed by atoms with Gasteiger partial charge in [0.25, 0.3) is 0 Å². The lowest BCUT2D eigenvalue weighted by Crippen LogP contribution is -2.55. The maximum atomic E-state index is 13.6. The molecule has 0 amide bonds. The Kier molecular flexibility index (Phi) is 7.28. The van der Waals surface area contributed by atoms with Crippen molar-refractivity contribution in [1.82, 2.24) is 14.1 Å². The van der Waals surface area contributed by atoms with Crippen LogP contribution in [0.5, 0.6) is 5.75 Å². The molecule has 1 saturated heterocycles. The van der Waals surface area contributed by atoms with Crippen molar-refractivity contribution in [2.75, 3.05) is 24.5 Å². The molecule has 186 valence electrons. The Hall–Kier alpha value is -2.46. The van der Waals surface area contributed by atoms with Gasteiger partial charge in [0.15, 0.2) is 0 Å². The van der Waals surface area contributed by atoms with Crippen LogP contribution in [-0.2, 0) is 10.0 Å². The van der Waals surface area contributed by atoms with Crippen LogP contribution in [0.3, 0.4) is 0 Å². The molecule has 2 aliphatic rings. The summed E-state index contributed by atoms with van der Waals surface area (Å²) in [7, 11) is -3.36. The third-order valence-electron chi connectivity index (χ3n) is 6.68. The van der Waals surface area contributed by atoms with Crippen molar-refractivity contribution < 1.29 is 17.5 Å². The van der Waals surface area contributed by atoms with Crippen molar-refractivity contribution in [2.45, 2.75) is 70.3 Å². The van der Waals surface area contributed by atoms with Crippen molar-refractivity contribution in [2.24, 2.45) is 0 Å². The third kappa shape index (κ3) is 4.98. The van der Waals surface area contributed by atoms with Gasteiger partial charge in [-0.3, -0.25) is 4.79 Å². The zero-order chi connectivity index (χ0) is 24.5. The lowest BCUT2D eigenvalue weighted by Gasteiger charge is -2.41. The highest BCUT2D eigenvalue weighted by atomic mass is 32.2. The number of hydrogen-bond acceptors (Lipinski definition) is 6. The summed E-state index contributed by atoms with van der Waals surface area (Å²) in [6.07, 6.45) is 6.58. The van der Waals surface area contributed by atoms with Crippen LogP contribution < -0.4 is 15.2 Å². The molecule has 1 aliphatic carbocycles. The first-order valence-electron chi connectivity index (χ1n) is 12.0. The highest BCUT2D eigenvalue weighted by Gasteiger charge is 2.35. The number of ether oxygens (including phenoxy) is 1. The second-order valence-electron chi connectivity index (χ2n) is 9.42. The molecular formula is C24H33FN4O4S. The number of aromatic nitrogens is 2. The topological polar surface area (TPSA) is 84.7 Å². The second-order valence-corrected chi connectivity index (χ2v) is 11.9. The number of piperazine rings is 1. The van der Waals surface area contributed by atoms with E-state index >= 15 is 0 Å². The molecule has 1 aromatic carbocycles. The Bertz CT molecular complexity index is 1160. The Morgan fingerprint density at radius 2 is 1.76 bits per heavy atom. The van der Waals surface area contributed by atoms with Gasteiger partial charge >= 0.3 is 5.56 Å². The molecule has 1 atom stereocenters. The Morgan fingerprint density at radius 3 is 2.38 bits per heavy atom. The summed E-state index contributed by atoms with van der Waals surface area (Å²) in [6.45, 7) is 6.38. The molecule has 2 aromatic rings. The van der Waals surface area contributed by atoms with E-state index in [0.717, 1.165) is 32.1 Å². The van der Waals surface area contributed by atoms with Gasteiger partial charge in [0.2, 0.25) is 15.8 Å². The van der Waals surface area contributed by atoms with E-state index in [0.29, 0.717) is 31.0 Å². The Balaban J connectivity index is 1.69. The molecular weight excluding hydrogens is 459 g/mol. The Labute approximate surface area is 200 Å². The van der Waals surface area contributed by atoms with E-state index in [1.807, 2.05) is 11.8 Å². The predicted molar refractivity (Wildman–Crippen MR) is 130 cm³/mol. The summed E-state index contributed by atoms with van der Waals surface area (Å²) in [5.41, 5.74) is 0.620. The van der Waals surface area contributed by atoms with Crippen LogP contribution in [0.2, 0.25) is 0 Å². The van der Waals surface area contributed by atoms with Crippen LogP contribution in [0.4, 0.5) is 10.1 Å². The summed E-state index contributed by atoms with van der Waals surface area (Å²) in [5.74, 6) is -0.173. The van der Waals surface area contributed by atoms with E-state index in [-0.39, 0.29) is 17.9 Å². The fraction of sp³-hybridized carbons (Fsp3) is 0.583. The highest BCUT2D eigenvalue weighted by Crippen LogP contribution is 2.32. The van der Waals surface area contributed by atoms with E-state index in [1.165, 1.54) is 33.3 Å². The number of nitrogens with zero attached hydrogens (tertiary/aromatic N) is 4. The molecule has 1 saturated carbocycles. The minimum Gasteiger partial charge on any atom is -0.483 e. The quantitative estimate of drug-likeness (QED) is 0.615. The first kappa shape index (κ1) is 24.7. The molecule has 0 spiro atoms. The lowest BCUT2D eigenvalue weighted by atomic mass is 9.98. The van der Waals surface area contributed by atoms with Gasteiger partial charge in [0.1, 0.15) is 11.5 Å². The van der Waals surface area contributed by atoms with Gasteiger partial charge in [0.05, 0.1) is 23.2 Å². The lowest BCUT2D eigenvalue weighted by molar-refractivity contribution is 0.152. The van der Waals surface area contributed by atoms with Crippen LogP contribution in [-0.4, -0.2) is 59.5 Å². The van der Waals surface area contributed by atoms with Crippen molar-refractivity contribution in [3.8, 4) is 11.4 Å². The molecule has 0 radical (unpaired) electrons. The zero-order valence-corrected chi connectivity index (χ0v) is 20.8. The molecule has 1 aliphatic heterocycles. The van der Waals surface area contributed by atoms with Gasteiger partial charge in [-0.1, -0.05) is 6.42 Å². The Morgan fingerprint density at radius 1 is 1.09 bits per heavy atom. The number of rotatable bonds is 6. The summed E-state index contributed by atoms with van der Waals surface area (Å²) < 4.78 is 47.8. The van der Waals surface area contributed by atoms with E-state index in [9.17, 15) is 17.6 Å². The maximum Gasteiger partial charge on any atom is 0.316 e. The SMILES string of the molecule is CC(C)S(=O)(=O)N1CCN(c2cnn(-c3ccc(F)cc3)c(=O)c2OC2CCCCC2)[C@H](C)C1. The van der Waals surface area contributed by atoms with Crippen LogP contribution in [0.1, 0.15) is 52.9 Å². The highest BCUT2D eigenvalue weighted by molar-refractivity contribution is 7.89. The molecule has 4 rings (SSSR count). The second kappa shape index (κ2) is 10.0. The smallest absolute Gasteiger partial charge is 0.316 e. The van der Waals surface area contributed by atoms with E-state index in [1.54, 1.807) is 20.0 Å². The van der Waals surface area contributed by atoms with Crippen molar-refractivity contribution >= 4 is 15.7 Å². The van der Waals surface area contributed by atoms with Gasteiger partial charge < -0.3 is 9.64 Å². The van der Waals surface area contributed by atoms with Crippen molar-refractivity contribution in [3.05, 3.63) is 46.6 Å². The maximum absolute atomic E-state index is 13.6. The monoisotopic (exact) mass is 492 g/mol. The van der Waals surface area contributed by atoms with Crippen LogP contribution in [0.15, 0.2) is 35.3 Å². The molecule has 2 heterocycles. The normalized spacial score (nSPS) is 20.6. The molecule has 34 heavy (non-hydrogen) atoms. The number of halogens is 1. The summed E-state index contributed by atoms with van der Waals surface area (Å²) in [6, 6.07) is 5.42.